The molecule has 7 heteroatoms. The molecule has 0 fully saturated rings. The summed E-state index contributed by atoms with van der Waals surface area (Å²) >= 11 is 0. The number of nitrogen functional groups attached to an aromatic ring is 1. The van der Waals surface area contributed by atoms with Crippen molar-refractivity contribution in [2.75, 3.05) is 12.8 Å². The van der Waals surface area contributed by atoms with E-state index in [1.54, 1.807) is 19.4 Å². The van der Waals surface area contributed by atoms with Gasteiger partial charge in [0.25, 0.3) is 0 Å². The van der Waals surface area contributed by atoms with Crippen LogP contribution in [0, 0.1) is 25.2 Å². The molecule has 0 aromatic carbocycles. The molecule has 0 bridgehead atoms. The number of H-pyrrole nitrogens is 1. The van der Waals surface area contributed by atoms with E-state index in [1.165, 1.54) is 0 Å². The second kappa shape index (κ2) is 6.01. The number of ether oxygens (including phenoxy) is 1. The molecule has 0 aliphatic heterocycles. The third-order valence-corrected chi connectivity index (χ3v) is 3.80. The van der Waals surface area contributed by atoms with Crippen molar-refractivity contribution in [2.45, 2.75) is 13.8 Å². The topological polar surface area (TPSA) is 114 Å². The van der Waals surface area contributed by atoms with Crippen LogP contribution in [0.3, 0.4) is 0 Å². The third kappa shape index (κ3) is 2.54. The van der Waals surface area contributed by atoms with Gasteiger partial charge in [-0.05, 0) is 26.0 Å². The highest BCUT2D eigenvalue weighted by atomic mass is 16.5. The number of nitriles is 1. The van der Waals surface area contributed by atoms with Gasteiger partial charge in [0.15, 0.2) is 0 Å². The van der Waals surface area contributed by atoms with Crippen LogP contribution in [0.25, 0.3) is 22.4 Å². The molecule has 3 N–H and O–H groups in total. The summed E-state index contributed by atoms with van der Waals surface area (Å²) in [6.07, 6.45) is 1.66. The Morgan fingerprint density at radius 2 is 2.08 bits per heavy atom. The number of nitrogens with two attached hydrogens (primary N) is 1. The Labute approximate surface area is 139 Å². The van der Waals surface area contributed by atoms with E-state index in [2.05, 4.69) is 26.2 Å². The molecule has 0 aliphatic carbocycles. The van der Waals surface area contributed by atoms with E-state index in [0.717, 1.165) is 22.5 Å². The lowest BCUT2D eigenvalue weighted by molar-refractivity contribution is 0.398. The number of hydrogen-bond acceptors (Lipinski definition) is 6. The molecule has 0 unspecified atom stereocenters. The Morgan fingerprint density at radius 1 is 1.29 bits per heavy atom. The molecule has 0 saturated carbocycles. The zero-order chi connectivity index (χ0) is 17.3. The second-order valence-electron chi connectivity index (χ2n) is 5.33. The van der Waals surface area contributed by atoms with Crippen LogP contribution in [0.15, 0.2) is 24.4 Å². The number of aromatic nitrogens is 4. The molecule has 0 spiro atoms. The number of methoxy groups -OCH3 is 1. The van der Waals surface area contributed by atoms with Crippen LogP contribution < -0.4 is 10.5 Å². The van der Waals surface area contributed by atoms with Crippen LogP contribution in [0.2, 0.25) is 0 Å². The fraction of sp³-hybridized carbons (Fsp3) is 0.176. The van der Waals surface area contributed by atoms with Crippen LogP contribution in [0.5, 0.6) is 5.88 Å². The first-order chi connectivity index (χ1) is 11.5. The van der Waals surface area contributed by atoms with Gasteiger partial charge >= 0.3 is 0 Å². The minimum absolute atomic E-state index is 0.181. The van der Waals surface area contributed by atoms with E-state index in [-0.39, 0.29) is 5.82 Å². The molecule has 3 aromatic heterocycles. The van der Waals surface area contributed by atoms with E-state index in [0.29, 0.717) is 22.7 Å². The standard InChI is InChI=1S/C17H16N6O/c1-9-16(10(2)23-22-9)12-6-14(21-17(19)13(12)7-18)11-4-5-15(24-3)20-8-11/h4-6,8H,1-3H3,(H2,19,21)(H,22,23). The maximum atomic E-state index is 9.48. The van der Waals surface area contributed by atoms with Gasteiger partial charge in [-0.25, -0.2) is 9.97 Å². The zero-order valence-electron chi connectivity index (χ0n) is 13.6. The molecule has 0 saturated heterocycles. The van der Waals surface area contributed by atoms with Crippen molar-refractivity contribution in [3.8, 4) is 34.3 Å². The average molecular weight is 320 g/mol. The Hall–Kier alpha value is -3.40. The number of aromatic amines is 1. The van der Waals surface area contributed by atoms with E-state index < -0.39 is 0 Å². The van der Waals surface area contributed by atoms with E-state index in [4.69, 9.17) is 10.5 Å². The number of rotatable bonds is 3. The van der Waals surface area contributed by atoms with Crippen LogP contribution >= 0.6 is 0 Å². The van der Waals surface area contributed by atoms with Crippen LogP contribution in [-0.4, -0.2) is 27.3 Å². The zero-order valence-corrected chi connectivity index (χ0v) is 13.6. The summed E-state index contributed by atoms with van der Waals surface area (Å²) in [5.74, 6) is 0.697. The van der Waals surface area contributed by atoms with Crippen molar-refractivity contribution in [3.05, 3.63) is 41.3 Å². The summed E-state index contributed by atoms with van der Waals surface area (Å²) in [5, 5.41) is 16.6. The third-order valence-electron chi connectivity index (χ3n) is 3.80. The normalized spacial score (nSPS) is 10.4. The maximum absolute atomic E-state index is 9.48. The van der Waals surface area contributed by atoms with Crippen molar-refractivity contribution in [3.63, 3.8) is 0 Å². The molecule has 0 aliphatic rings. The summed E-state index contributed by atoms with van der Waals surface area (Å²) in [6, 6.07) is 7.57. The first-order valence-corrected chi connectivity index (χ1v) is 7.28. The highest BCUT2D eigenvalue weighted by molar-refractivity contribution is 5.82. The van der Waals surface area contributed by atoms with Crippen molar-refractivity contribution in [2.24, 2.45) is 0 Å². The largest absolute Gasteiger partial charge is 0.481 e. The minimum atomic E-state index is 0.181. The summed E-state index contributed by atoms with van der Waals surface area (Å²) in [6.45, 7) is 3.78. The summed E-state index contributed by atoms with van der Waals surface area (Å²) < 4.78 is 5.07. The van der Waals surface area contributed by atoms with Crippen LogP contribution in [0.1, 0.15) is 17.0 Å². The Kier molecular flexibility index (Phi) is 3.88. The first-order valence-electron chi connectivity index (χ1n) is 7.28. The first kappa shape index (κ1) is 15.5. The molecule has 0 amide bonds. The van der Waals surface area contributed by atoms with Crippen LogP contribution in [0.4, 0.5) is 5.82 Å². The lowest BCUT2D eigenvalue weighted by Crippen LogP contribution is -2.01. The van der Waals surface area contributed by atoms with Crippen molar-refractivity contribution >= 4 is 5.82 Å². The predicted octanol–water partition coefficient (Wildman–Crippen LogP) is 2.61. The average Bonchev–Trinajstić information content (AvgIpc) is 2.92. The maximum Gasteiger partial charge on any atom is 0.212 e. The molecular formula is C17H16N6O. The van der Waals surface area contributed by atoms with E-state index in [9.17, 15) is 5.26 Å². The van der Waals surface area contributed by atoms with Crippen molar-refractivity contribution in [1.82, 2.24) is 20.2 Å². The minimum Gasteiger partial charge on any atom is -0.481 e. The van der Waals surface area contributed by atoms with Crippen molar-refractivity contribution in [1.29, 1.82) is 5.26 Å². The fourth-order valence-electron chi connectivity index (χ4n) is 2.63. The predicted molar refractivity (Wildman–Crippen MR) is 90.2 cm³/mol. The Morgan fingerprint density at radius 3 is 2.62 bits per heavy atom. The van der Waals surface area contributed by atoms with E-state index in [1.807, 2.05) is 26.0 Å². The summed E-state index contributed by atoms with van der Waals surface area (Å²) in [5.41, 5.74) is 11.0. The van der Waals surface area contributed by atoms with Gasteiger partial charge < -0.3 is 10.5 Å². The monoisotopic (exact) mass is 320 g/mol. The van der Waals surface area contributed by atoms with E-state index >= 15 is 0 Å². The Bertz CT molecular complexity index is 917. The fourth-order valence-corrected chi connectivity index (χ4v) is 2.63. The number of pyridine rings is 2. The van der Waals surface area contributed by atoms with Gasteiger partial charge in [-0.15, -0.1) is 0 Å². The molecule has 7 nitrogen and oxygen atoms in total. The van der Waals surface area contributed by atoms with Crippen LogP contribution in [-0.2, 0) is 0 Å². The second-order valence-corrected chi connectivity index (χ2v) is 5.33. The molecule has 3 rings (SSSR count). The van der Waals surface area contributed by atoms with Gasteiger partial charge in [-0.2, -0.15) is 10.4 Å². The number of nitrogens with one attached hydrogen (secondary N) is 1. The smallest absolute Gasteiger partial charge is 0.212 e. The van der Waals surface area contributed by atoms with Gasteiger partial charge in [0.2, 0.25) is 5.88 Å². The summed E-state index contributed by atoms with van der Waals surface area (Å²) in [7, 11) is 1.56. The van der Waals surface area contributed by atoms with Gasteiger partial charge in [-0.1, -0.05) is 0 Å². The van der Waals surface area contributed by atoms with Gasteiger partial charge in [0, 0.05) is 34.6 Å². The molecule has 0 atom stereocenters. The number of hydrogen-bond donors (Lipinski definition) is 2. The number of nitrogens with zero attached hydrogens (tertiary/aromatic N) is 4. The number of aryl methyl sites for hydroxylation is 2. The molecular weight excluding hydrogens is 304 g/mol. The molecule has 3 aromatic rings. The number of anilines is 1. The molecule has 3 heterocycles. The lowest BCUT2D eigenvalue weighted by Gasteiger charge is -2.10. The highest BCUT2D eigenvalue weighted by Gasteiger charge is 2.18. The van der Waals surface area contributed by atoms with Gasteiger partial charge in [0.1, 0.15) is 17.5 Å². The Balaban J connectivity index is 2.22. The van der Waals surface area contributed by atoms with Gasteiger partial charge in [-0.3, -0.25) is 5.10 Å². The highest BCUT2D eigenvalue weighted by Crippen LogP contribution is 2.34. The quantitative estimate of drug-likeness (QED) is 0.767. The lowest BCUT2D eigenvalue weighted by atomic mass is 9.97. The van der Waals surface area contributed by atoms with Crippen molar-refractivity contribution < 1.29 is 4.74 Å². The SMILES string of the molecule is COc1ccc(-c2cc(-c3c(C)n[nH]c3C)c(C#N)c(N)n2)cn1. The molecule has 0 radical (unpaired) electrons. The molecule has 120 valence electrons. The van der Waals surface area contributed by atoms with Gasteiger partial charge in [0.05, 0.1) is 18.5 Å². The molecule has 24 heavy (non-hydrogen) atoms. The summed E-state index contributed by atoms with van der Waals surface area (Å²) in [4.78, 5) is 8.53.